The van der Waals surface area contributed by atoms with Crippen LogP contribution in [0, 0.1) is 0 Å². The van der Waals surface area contributed by atoms with E-state index >= 15 is 0 Å². The molecule has 124 valence electrons. The van der Waals surface area contributed by atoms with Crippen LogP contribution in [0.5, 0.6) is 5.88 Å². The molecule has 0 fully saturated rings. The van der Waals surface area contributed by atoms with Crippen molar-refractivity contribution in [2.24, 2.45) is 0 Å². The number of halogens is 1. The fraction of sp³-hybridized carbons (Fsp3) is 0.389. The van der Waals surface area contributed by atoms with Crippen LogP contribution in [0.25, 0.3) is 0 Å². The second-order valence-electron chi connectivity index (χ2n) is 5.16. The molecule has 2 aromatic rings. The van der Waals surface area contributed by atoms with Gasteiger partial charge >= 0.3 is 0 Å². The molecule has 0 N–H and O–H groups in total. The van der Waals surface area contributed by atoms with Crippen LogP contribution in [-0.2, 0) is 16.1 Å². The number of hydrogen-bond acceptors (Lipinski definition) is 4. The molecule has 5 heteroatoms. The number of nitrogens with zero attached hydrogens (tertiary/aromatic N) is 1. The van der Waals surface area contributed by atoms with Crippen LogP contribution in [-0.4, -0.2) is 30.9 Å². The number of hydrogen-bond donors (Lipinski definition) is 0. The second kappa shape index (κ2) is 10.4. The van der Waals surface area contributed by atoms with E-state index in [1.54, 1.807) is 0 Å². The number of rotatable bonds is 10. The molecule has 4 nitrogen and oxygen atoms in total. The largest absolute Gasteiger partial charge is 0.475 e. The van der Waals surface area contributed by atoms with Gasteiger partial charge in [-0.2, -0.15) is 0 Å². The highest BCUT2D eigenvalue weighted by molar-refractivity contribution is 9.10. The van der Waals surface area contributed by atoms with Crippen molar-refractivity contribution in [1.82, 2.24) is 4.98 Å². The van der Waals surface area contributed by atoms with Gasteiger partial charge in [0.2, 0.25) is 5.88 Å². The molecular weight excluding hydrogens is 358 g/mol. The maximum absolute atomic E-state index is 5.79. The lowest BCUT2D eigenvalue weighted by Crippen LogP contribution is -2.14. The Morgan fingerprint density at radius 2 is 1.83 bits per heavy atom. The van der Waals surface area contributed by atoms with E-state index in [0.29, 0.717) is 32.3 Å². The minimum atomic E-state index is 0.169. The van der Waals surface area contributed by atoms with Crippen molar-refractivity contribution in [1.29, 1.82) is 0 Å². The third-order valence-electron chi connectivity index (χ3n) is 3.21. The number of benzene rings is 1. The van der Waals surface area contributed by atoms with E-state index in [-0.39, 0.29) is 6.10 Å². The Bertz CT molecular complexity index is 565. The lowest BCUT2D eigenvalue weighted by molar-refractivity contribution is 0.0174. The molecular formula is C18H22BrNO3. The average Bonchev–Trinajstić information content (AvgIpc) is 2.57. The van der Waals surface area contributed by atoms with Gasteiger partial charge in [0.15, 0.2) is 0 Å². The van der Waals surface area contributed by atoms with Crippen LogP contribution in [0.15, 0.2) is 53.1 Å². The third kappa shape index (κ3) is 7.59. The molecule has 0 saturated carbocycles. The van der Waals surface area contributed by atoms with Crippen LogP contribution < -0.4 is 4.74 Å². The van der Waals surface area contributed by atoms with E-state index < -0.39 is 0 Å². The number of aromatic nitrogens is 1. The van der Waals surface area contributed by atoms with Gasteiger partial charge in [-0.15, -0.1) is 0 Å². The Balaban J connectivity index is 1.50. The van der Waals surface area contributed by atoms with Crippen LogP contribution in [0.4, 0.5) is 0 Å². The Morgan fingerprint density at radius 3 is 2.61 bits per heavy atom. The lowest BCUT2D eigenvalue weighted by atomic mass is 10.2. The van der Waals surface area contributed by atoms with Crippen molar-refractivity contribution in [3.8, 4) is 5.88 Å². The van der Waals surface area contributed by atoms with E-state index in [1.165, 1.54) is 5.56 Å². The summed E-state index contributed by atoms with van der Waals surface area (Å²) in [7, 11) is 0. The zero-order valence-electron chi connectivity index (χ0n) is 13.3. The minimum absolute atomic E-state index is 0.169. The van der Waals surface area contributed by atoms with Gasteiger partial charge in [0.05, 0.1) is 19.3 Å². The first kappa shape index (κ1) is 17.9. The molecule has 0 saturated heterocycles. The summed E-state index contributed by atoms with van der Waals surface area (Å²) in [6.45, 7) is 4.39. The standard InChI is InChI=1S/C18H22BrNO3/c1-15(23-14-16-6-3-2-4-7-16)10-11-21-12-13-22-18-9-5-8-17(19)20-18/h2-9,15H,10-14H2,1H3/t15-/m1/s1. The summed E-state index contributed by atoms with van der Waals surface area (Å²) in [5, 5.41) is 0. The predicted octanol–water partition coefficient (Wildman–Crippen LogP) is 4.23. The van der Waals surface area contributed by atoms with Crippen molar-refractivity contribution < 1.29 is 14.2 Å². The summed E-state index contributed by atoms with van der Waals surface area (Å²) in [6.07, 6.45) is 1.03. The van der Waals surface area contributed by atoms with Gasteiger partial charge in [0.25, 0.3) is 0 Å². The molecule has 0 aliphatic rings. The summed E-state index contributed by atoms with van der Waals surface area (Å²) >= 11 is 3.31. The molecule has 0 aliphatic carbocycles. The van der Waals surface area contributed by atoms with E-state index in [1.807, 2.05) is 36.4 Å². The van der Waals surface area contributed by atoms with Gasteiger partial charge < -0.3 is 14.2 Å². The Hall–Kier alpha value is -1.43. The zero-order valence-corrected chi connectivity index (χ0v) is 14.9. The van der Waals surface area contributed by atoms with Crippen molar-refractivity contribution in [3.63, 3.8) is 0 Å². The lowest BCUT2D eigenvalue weighted by Gasteiger charge is -2.13. The normalized spacial score (nSPS) is 12.1. The van der Waals surface area contributed by atoms with Crippen molar-refractivity contribution in [2.75, 3.05) is 19.8 Å². The summed E-state index contributed by atoms with van der Waals surface area (Å²) in [5.41, 5.74) is 1.19. The fourth-order valence-corrected chi connectivity index (χ4v) is 2.25. The van der Waals surface area contributed by atoms with E-state index in [9.17, 15) is 0 Å². The third-order valence-corrected chi connectivity index (χ3v) is 3.65. The molecule has 0 amide bonds. The molecule has 0 radical (unpaired) electrons. The summed E-state index contributed by atoms with van der Waals surface area (Å²) < 4.78 is 17.6. The number of ether oxygens (including phenoxy) is 3. The highest BCUT2D eigenvalue weighted by Gasteiger charge is 2.03. The molecule has 0 spiro atoms. The van der Waals surface area contributed by atoms with Crippen LogP contribution in [0.3, 0.4) is 0 Å². The Labute approximate surface area is 145 Å². The van der Waals surface area contributed by atoms with Crippen molar-refractivity contribution in [2.45, 2.75) is 26.1 Å². The predicted molar refractivity (Wildman–Crippen MR) is 93.6 cm³/mol. The van der Waals surface area contributed by atoms with Gasteiger partial charge in [0, 0.05) is 12.7 Å². The molecule has 1 heterocycles. The fourth-order valence-electron chi connectivity index (χ4n) is 1.92. The van der Waals surface area contributed by atoms with Gasteiger partial charge in [-0.1, -0.05) is 36.4 Å². The van der Waals surface area contributed by atoms with Crippen LogP contribution >= 0.6 is 15.9 Å². The molecule has 2 rings (SSSR count). The molecule has 23 heavy (non-hydrogen) atoms. The highest BCUT2D eigenvalue weighted by atomic mass is 79.9. The molecule has 1 aromatic carbocycles. The monoisotopic (exact) mass is 379 g/mol. The molecule has 1 atom stereocenters. The van der Waals surface area contributed by atoms with Crippen LogP contribution in [0.2, 0.25) is 0 Å². The first-order chi connectivity index (χ1) is 11.2. The first-order valence-electron chi connectivity index (χ1n) is 7.72. The highest BCUT2D eigenvalue weighted by Crippen LogP contribution is 2.11. The van der Waals surface area contributed by atoms with Crippen molar-refractivity contribution in [3.05, 3.63) is 58.7 Å². The smallest absolute Gasteiger partial charge is 0.214 e. The zero-order chi connectivity index (χ0) is 16.3. The summed E-state index contributed by atoms with van der Waals surface area (Å²) in [4.78, 5) is 4.19. The van der Waals surface area contributed by atoms with Crippen molar-refractivity contribution >= 4 is 15.9 Å². The maximum atomic E-state index is 5.79. The van der Waals surface area contributed by atoms with Gasteiger partial charge in [-0.05, 0) is 40.9 Å². The second-order valence-corrected chi connectivity index (χ2v) is 5.97. The summed E-state index contributed by atoms with van der Waals surface area (Å²) in [5.74, 6) is 0.600. The van der Waals surface area contributed by atoms with Gasteiger partial charge in [-0.3, -0.25) is 0 Å². The molecule has 0 unspecified atom stereocenters. The average molecular weight is 380 g/mol. The first-order valence-corrected chi connectivity index (χ1v) is 8.52. The minimum Gasteiger partial charge on any atom is -0.475 e. The maximum Gasteiger partial charge on any atom is 0.214 e. The quantitative estimate of drug-likeness (QED) is 0.457. The van der Waals surface area contributed by atoms with E-state index in [2.05, 4.69) is 40.0 Å². The van der Waals surface area contributed by atoms with Gasteiger partial charge in [0.1, 0.15) is 11.2 Å². The number of pyridine rings is 1. The Kier molecular flexibility index (Phi) is 8.07. The molecule has 0 bridgehead atoms. The Morgan fingerprint density at radius 1 is 1.00 bits per heavy atom. The van der Waals surface area contributed by atoms with Crippen LogP contribution in [0.1, 0.15) is 18.9 Å². The topological polar surface area (TPSA) is 40.6 Å². The molecule has 1 aromatic heterocycles. The van der Waals surface area contributed by atoms with E-state index in [4.69, 9.17) is 14.2 Å². The molecule has 0 aliphatic heterocycles. The SMILES string of the molecule is C[C@H](CCOCCOc1cccc(Br)n1)OCc1ccccc1. The van der Waals surface area contributed by atoms with Gasteiger partial charge in [-0.25, -0.2) is 4.98 Å². The van der Waals surface area contributed by atoms with E-state index in [0.717, 1.165) is 11.0 Å². The summed E-state index contributed by atoms with van der Waals surface area (Å²) in [6, 6.07) is 15.8.